The van der Waals surface area contributed by atoms with Crippen LogP contribution < -0.4 is 5.32 Å². The minimum absolute atomic E-state index is 0.166. The maximum Gasteiger partial charge on any atom is 0.0882 e. The number of likely N-dealkylation sites (N-methyl/N-ethyl adjacent to an activating group) is 1. The molecule has 0 spiro atoms. The zero-order valence-corrected chi connectivity index (χ0v) is 12.4. The van der Waals surface area contributed by atoms with E-state index in [1.807, 2.05) is 13.2 Å². The van der Waals surface area contributed by atoms with Crippen molar-refractivity contribution in [3.8, 4) is 0 Å². The number of rotatable bonds is 8. The number of nitrogens with one attached hydrogen (secondary N) is 1. The minimum atomic E-state index is -0.166. The Hall–Kier alpha value is -0.870. The molecule has 0 bridgehead atoms. The van der Waals surface area contributed by atoms with Crippen LogP contribution >= 0.6 is 0 Å². The van der Waals surface area contributed by atoms with Crippen LogP contribution in [0.1, 0.15) is 51.8 Å². The summed E-state index contributed by atoms with van der Waals surface area (Å²) in [7, 11) is 3.80. The van der Waals surface area contributed by atoms with Gasteiger partial charge in [-0.15, -0.1) is 0 Å². The minimum Gasteiger partial charge on any atom is -0.376 e. The van der Waals surface area contributed by atoms with Gasteiger partial charge in [0, 0.05) is 19.9 Å². The second-order valence-corrected chi connectivity index (χ2v) is 4.68. The van der Waals surface area contributed by atoms with E-state index in [-0.39, 0.29) is 11.6 Å². The van der Waals surface area contributed by atoms with E-state index in [2.05, 4.69) is 41.9 Å². The van der Waals surface area contributed by atoms with Gasteiger partial charge in [-0.3, -0.25) is 4.68 Å². The summed E-state index contributed by atoms with van der Waals surface area (Å²) in [5.74, 6) is 0. The van der Waals surface area contributed by atoms with E-state index in [0.717, 1.165) is 25.8 Å². The Morgan fingerprint density at radius 2 is 2.06 bits per heavy atom. The molecule has 0 saturated heterocycles. The quantitative estimate of drug-likeness (QED) is 0.774. The second-order valence-electron chi connectivity index (χ2n) is 4.68. The summed E-state index contributed by atoms with van der Waals surface area (Å²) in [4.78, 5) is 0. The Kier molecular flexibility index (Phi) is 5.82. The molecule has 18 heavy (non-hydrogen) atoms. The van der Waals surface area contributed by atoms with Crippen molar-refractivity contribution < 1.29 is 4.74 Å². The van der Waals surface area contributed by atoms with Crippen molar-refractivity contribution in [1.82, 2.24) is 15.1 Å². The van der Waals surface area contributed by atoms with Crippen molar-refractivity contribution in [1.29, 1.82) is 0 Å². The highest BCUT2D eigenvalue weighted by molar-refractivity contribution is 5.13. The van der Waals surface area contributed by atoms with Gasteiger partial charge in [0.05, 0.1) is 17.3 Å². The molecule has 1 rings (SSSR count). The van der Waals surface area contributed by atoms with Gasteiger partial charge in [-0.1, -0.05) is 20.8 Å². The summed E-state index contributed by atoms with van der Waals surface area (Å²) in [5.41, 5.74) is 1.05. The Morgan fingerprint density at radius 3 is 2.50 bits per heavy atom. The summed E-state index contributed by atoms with van der Waals surface area (Å²) >= 11 is 0. The maximum absolute atomic E-state index is 5.84. The molecule has 4 heteroatoms. The molecule has 1 N–H and O–H groups in total. The van der Waals surface area contributed by atoms with Crippen LogP contribution in [0.3, 0.4) is 0 Å². The number of ether oxygens (including phenoxy) is 1. The molecule has 1 aromatic rings. The Bertz CT molecular complexity index is 336. The Labute approximate surface area is 111 Å². The molecule has 0 aliphatic carbocycles. The zero-order chi connectivity index (χ0) is 13.6. The molecule has 1 atom stereocenters. The molecule has 4 nitrogen and oxygen atoms in total. The second kappa shape index (κ2) is 6.90. The summed E-state index contributed by atoms with van der Waals surface area (Å²) in [6.45, 7) is 7.48. The van der Waals surface area contributed by atoms with Crippen LogP contribution in [0, 0.1) is 0 Å². The third-order valence-electron chi connectivity index (χ3n) is 3.90. The molecule has 0 aliphatic rings. The lowest BCUT2D eigenvalue weighted by Gasteiger charge is -2.38. The van der Waals surface area contributed by atoms with Crippen LogP contribution in [0.25, 0.3) is 0 Å². The van der Waals surface area contributed by atoms with Gasteiger partial charge in [-0.2, -0.15) is 5.10 Å². The summed E-state index contributed by atoms with van der Waals surface area (Å²) < 4.78 is 7.93. The summed E-state index contributed by atoms with van der Waals surface area (Å²) in [6, 6.07) is 2.27. The van der Waals surface area contributed by atoms with Crippen molar-refractivity contribution in [3.05, 3.63) is 18.0 Å². The number of hydrogen-bond donors (Lipinski definition) is 1. The molecular weight excluding hydrogens is 226 g/mol. The average molecular weight is 253 g/mol. The molecule has 0 fully saturated rings. The van der Waals surface area contributed by atoms with E-state index in [1.165, 1.54) is 5.69 Å². The first-order chi connectivity index (χ1) is 8.68. The molecule has 1 aromatic heterocycles. The lowest BCUT2D eigenvalue weighted by molar-refractivity contribution is -0.0488. The van der Waals surface area contributed by atoms with E-state index in [4.69, 9.17) is 4.74 Å². The fourth-order valence-electron chi connectivity index (χ4n) is 2.73. The van der Waals surface area contributed by atoms with Gasteiger partial charge in [-0.25, -0.2) is 0 Å². The van der Waals surface area contributed by atoms with Crippen LogP contribution in [0.4, 0.5) is 0 Å². The molecule has 0 saturated carbocycles. The van der Waals surface area contributed by atoms with Crippen LogP contribution in [0.5, 0.6) is 0 Å². The van der Waals surface area contributed by atoms with Crippen molar-refractivity contribution in [2.24, 2.45) is 0 Å². The average Bonchev–Trinajstić information content (AvgIpc) is 2.84. The first-order valence-electron chi connectivity index (χ1n) is 6.93. The lowest BCUT2D eigenvalue weighted by Crippen LogP contribution is -2.44. The molecule has 104 valence electrons. The molecule has 1 heterocycles. The third kappa shape index (κ3) is 2.75. The molecule has 0 radical (unpaired) electrons. The molecular formula is C14H27N3O. The van der Waals surface area contributed by atoms with Crippen molar-refractivity contribution in [3.63, 3.8) is 0 Å². The van der Waals surface area contributed by atoms with Crippen molar-refractivity contribution in [2.75, 3.05) is 14.2 Å². The number of aromatic nitrogens is 2. The van der Waals surface area contributed by atoms with Gasteiger partial charge in [0.25, 0.3) is 0 Å². The topological polar surface area (TPSA) is 39.1 Å². The van der Waals surface area contributed by atoms with Crippen molar-refractivity contribution in [2.45, 2.75) is 58.2 Å². The predicted molar refractivity (Wildman–Crippen MR) is 74.6 cm³/mol. The predicted octanol–water partition coefficient (Wildman–Crippen LogP) is 2.76. The number of hydrogen-bond acceptors (Lipinski definition) is 3. The zero-order valence-electron chi connectivity index (χ0n) is 12.4. The fraction of sp³-hybridized carbons (Fsp3) is 0.786. The SMILES string of the molecule is CCCn1nccc1C(NC)C(CC)(CC)OC. The molecule has 0 amide bonds. The maximum atomic E-state index is 5.84. The normalized spacial score (nSPS) is 13.8. The number of methoxy groups -OCH3 is 1. The van der Waals surface area contributed by atoms with Crippen LogP contribution in [-0.2, 0) is 11.3 Å². The first-order valence-corrected chi connectivity index (χ1v) is 6.93. The van der Waals surface area contributed by atoms with Crippen LogP contribution in [0.15, 0.2) is 12.3 Å². The summed E-state index contributed by atoms with van der Waals surface area (Å²) in [5, 5.41) is 7.82. The Morgan fingerprint density at radius 1 is 1.39 bits per heavy atom. The first kappa shape index (κ1) is 15.2. The smallest absolute Gasteiger partial charge is 0.0882 e. The largest absolute Gasteiger partial charge is 0.376 e. The highest BCUT2D eigenvalue weighted by Crippen LogP contribution is 2.34. The van der Waals surface area contributed by atoms with Gasteiger partial charge in [-0.05, 0) is 32.4 Å². The molecule has 0 aromatic carbocycles. The third-order valence-corrected chi connectivity index (χ3v) is 3.90. The fourth-order valence-corrected chi connectivity index (χ4v) is 2.73. The Balaban J connectivity index is 3.11. The van der Waals surface area contributed by atoms with Gasteiger partial charge in [0.2, 0.25) is 0 Å². The van der Waals surface area contributed by atoms with Crippen molar-refractivity contribution >= 4 is 0 Å². The van der Waals surface area contributed by atoms with Gasteiger partial charge < -0.3 is 10.1 Å². The summed E-state index contributed by atoms with van der Waals surface area (Å²) in [6.07, 6.45) is 4.91. The number of aryl methyl sites for hydroxylation is 1. The standard InChI is InChI=1S/C14H27N3O/c1-6-11-17-12(9-10-16-17)13(15-4)14(7-2,8-3)18-5/h9-10,13,15H,6-8,11H2,1-5H3. The number of nitrogens with zero attached hydrogens (tertiary/aromatic N) is 2. The van der Waals surface area contributed by atoms with Gasteiger partial charge in [0.1, 0.15) is 0 Å². The van der Waals surface area contributed by atoms with Crippen LogP contribution in [0.2, 0.25) is 0 Å². The highest BCUT2D eigenvalue weighted by atomic mass is 16.5. The monoisotopic (exact) mass is 253 g/mol. The van der Waals surface area contributed by atoms with E-state index in [1.54, 1.807) is 7.11 Å². The van der Waals surface area contributed by atoms with Gasteiger partial charge >= 0.3 is 0 Å². The van der Waals surface area contributed by atoms with E-state index in [0.29, 0.717) is 0 Å². The van der Waals surface area contributed by atoms with E-state index < -0.39 is 0 Å². The van der Waals surface area contributed by atoms with Crippen LogP contribution in [-0.4, -0.2) is 29.5 Å². The van der Waals surface area contributed by atoms with E-state index in [9.17, 15) is 0 Å². The molecule has 0 aliphatic heterocycles. The van der Waals surface area contributed by atoms with E-state index >= 15 is 0 Å². The van der Waals surface area contributed by atoms with Gasteiger partial charge in [0.15, 0.2) is 0 Å². The highest BCUT2D eigenvalue weighted by Gasteiger charge is 2.37. The lowest BCUT2D eigenvalue weighted by atomic mass is 9.86. The molecule has 1 unspecified atom stereocenters.